The van der Waals surface area contributed by atoms with Crippen LogP contribution in [0.1, 0.15) is 69.4 Å². The second kappa shape index (κ2) is 11.4. The van der Waals surface area contributed by atoms with Crippen LogP contribution in [-0.2, 0) is 4.79 Å². The molecule has 2 aromatic carbocycles. The summed E-state index contributed by atoms with van der Waals surface area (Å²) in [5.41, 5.74) is 13.3. The molecule has 0 bridgehead atoms. The predicted molar refractivity (Wildman–Crippen MR) is 144 cm³/mol. The SMILES string of the molecule is COc1ccccc1N(C(=O)c1snc(C(N)=O)c1N)[C@H](C(=O)NC1CCCCC1)c1ccc(C)cc1. The van der Waals surface area contributed by atoms with Gasteiger partial charge in [-0.2, -0.15) is 4.37 Å². The van der Waals surface area contributed by atoms with Gasteiger partial charge in [-0.05, 0) is 49.0 Å². The number of nitrogens with two attached hydrogens (primary N) is 2. The van der Waals surface area contributed by atoms with Crippen molar-refractivity contribution in [2.24, 2.45) is 5.73 Å². The van der Waals surface area contributed by atoms with Crippen molar-refractivity contribution >= 4 is 40.6 Å². The molecule has 1 fully saturated rings. The van der Waals surface area contributed by atoms with Gasteiger partial charge < -0.3 is 21.5 Å². The van der Waals surface area contributed by atoms with Crippen molar-refractivity contribution < 1.29 is 19.1 Å². The molecule has 10 heteroatoms. The van der Waals surface area contributed by atoms with Gasteiger partial charge >= 0.3 is 0 Å². The fourth-order valence-electron chi connectivity index (χ4n) is 4.63. The van der Waals surface area contributed by atoms with E-state index in [2.05, 4.69) is 9.69 Å². The summed E-state index contributed by atoms with van der Waals surface area (Å²) in [5, 5.41) is 3.17. The average Bonchev–Trinajstić information content (AvgIpc) is 3.29. The Kier molecular flexibility index (Phi) is 8.08. The maximum Gasteiger partial charge on any atom is 0.273 e. The van der Waals surface area contributed by atoms with Crippen LogP contribution < -0.4 is 26.4 Å². The van der Waals surface area contributed by atoms with Gasteiger partial charge in [0.2, 0.25) is 5.91 Å². The number of hydrogen-bond acceptors (Lipinski definition) is 7. The third kappa shape index (κ3) is 5.59. The van der Waals surface area contributed by atoms with Crippen LogP contribution >= 0.6 is 11.5 Å². The zero-order chi connectivity index (χ0) is 26.5. The van der Waals surface area contributed by atoms with Gasteiger partial charge in [0.25, 0.3) is 11.8 Å². The zero-order valence-corrected chi connectivity index (χ0v) is 21.7. The molecule has 4 rings (SSSR count). The van der Waals surface area contributed by atoms with Gasteiger partial charge in [0.15, 0.2) is 5.69 Å². The summed E-state index contributed by atoms with van der Waals surface area (Å²) in [6, 6.07) is 13.4. The number of hydrogen-bond donors (Lipinski definition) is 3. The highest BCUT2D eigenvalue weighted by molar-refractivity contribution is 7.09. The lowest BCUT2D eigenvalue weighted by atomic mass is 9.94. The average molecular weight is 522 g/mol. The highest BCUT2D eigenvalue weighted by Crippen LogP contribution is 2.38. The number of aromatic nitrogens is 1. The van der Waals surface area contributed by atoms with Gasteiger partial charge in [-0.15, -0.1) is 0 Å². The Morgan fingerprint density at radius 2 is 1.76 bits per heavy atom. The molecule has 0 spiro atoms. The van der Waals surface area contributed by atoms with Crippen molar-refractivity contribution in [3.63, 3.8) is 0 Å². The Morgan fingerprint density at radius 1 is 1.08 bits per heavy atom. The molecule has 0 radical (unpaired) electrons. The lowest BCUT2D eigenvalue weighted by Gasteiger charge is -2.34. The van der Waals surface area contributed by atoms with Crippen LogP contribution in [0.4, 0.5) is 11.4 Å². The molecule has 194 valence electrons. The third-order valence-electron chi connectivity index (χ3n) is 6.57. The molecular formula is C27H31N5O4S. The van der Waals surface area contributed by atoms with Crippen molar-refractivity contribution in [2.45, 2.75) is 51.1 Å². The maximum absolute atomic E-state index is 14.2. The summed E-state index contributed by atoms with van der Waals surface area (Å²) in [5.74, 6) is -1.33. The van der Waals surface area contributed by atoms with E-state index in [1.54, 1.807) is 24.3 Å². The highest BCUT2D eigenvalue weighted by atomic mass is 32.1. The summed E-state index contributed by atoms with van der Waals surface area (Å²) in [7, 11) is 1.50. The van der Waals surface area contributed by atoms with Crippen LogP contribution in [0.2, 0.25) is 0 Å². The molecule has 1 aliphatic carbocycles. The first-order chi connectivity index (χ1) is 17.8. The quantitative estimate of drug-likeness (QED) is 0.410. The summed E-state index contributed by atoms with van der Waals surface area (Å²) in [6.07, 6.45) is 5.01. The number of carbonyl (C=O) groups is 3. The minimum Gasteiger partial charge on any atom is -0.495 e. The summed E-state index contributed by atoms with van der Waals surface area (Å²) in [6.45, 7) is 1.95. The first-order valence-corrected chi connectivity index (χ1v) is 13.0. The molecule has 9 nitrogen and oxygen atoms in total. The lowest BCUT2D eigenvalue weighted by Crippen LogP contribution is -2.47. The Labute approximate surface area is 220 Å². The number of carbonyl (C=O) groups excluding carboxylic acids is 3. The van der Waals surface area contributed by atoms with Gasteiger partial charge in [-0.3, -0.25) is 19.3 Å². The van der Waals surface area contributed by atoms with Gasteiger partial charge in [0, 0.05) is 6.04 Å². The zero-order valence-electron chi connectivity index (χ0n) is 20.9. The second-order valence-corrected chi connectivity index (χ2v) is 9.92. The van der Waals surface area contributed by atoms with E-state index in [4.69, 9.17) is 16.2 Å². The molecule has 3 aromatic rings. The van der Waals surface area contributed by atoms with E-state index in [1.165, 1.54) is 12.0 Å². The Balaban J connectivity index is 1.87. The molecule has 5 N–H and O–H groups in total. The van der Waals surface area contributed by atoms with Crippen LogP contribution in [0, 0.1) is 6.92 Å². The number of primary amides is 1. The number of anilines is 2. The van der Waals surface area contributed by atoms with Crippen LogP contribution in [0.3, 0.4) is 0 Å². The van der Waals surface area contributed by atoms with Gasteiger partial charge in [-0.1, -0.05) is 61.2 Å². The molecule has 1 aliphatic rings. The lowest BCUT2D eigenvalue weighted by molar-refractivity contribution is -0.123. The second-order valence-electron chi connectivity index (χ2n) is 9.14. The number of aryl methyl sites for hydroxylation is 1. The number of ether oxygens (including phenoxy) is 1. The van der Waals surface area contributed by atoms with Gasteiger partial charge in [-0.25, -0.2) is 0 Å². The first kappa shape index (κ1) is 26.2. The number of nitrogens with one attached hydrogen (secondary N) is 1. The molecule has 0 saturated heterocycles. The van der Waals surface area contributed by atoms with Gasteiger partial charge in [0.05, 0.1) is 18.5 Å². The third-order valence-corrected chi connectivity index (χ3v) is 7.42. The number of nitrogen functional groups attached to an aromatic ring is 1. The number of para-hydroxylation sites is 2. The fourth-order valence-corrected chi connectivity index (χ4v) is 5.37. The molecule has 1 aromatic heterocycles. The first-order valence-electron chi connectivity index (χ1n) is 12.2. The van der Waals surface area contributed by atoms with E-state index < -0.39 is 17.9 Å². The normalized spacial score (nSPS) is 14.5. The summed E-state index contributed by atoms with van der Waals surface area (Å²) in [4.78, 5) is 41.3. The van der Waals surface area contributed by atoms with Crippen molar-refractivity contribution in [3.8, 4) is 5.75 Å². The predicted octanol–water partition coefficient (Wildman–Crippen LogP) is 3.98. The van der Waals surface area contributed by atoms with E-state index >= 15 is 0 Å². The topological polar surface area (TPSA) is 141 Å². The van der Waals surface area contributed by atoms with E-state index in [0.29, 0.717) is 17.0 Å². The van der Waals surface area contributed by atoms with Crippen molar-refractivity contribution in [1.82, 2.24) is 9.69 Å². The van der Waals surface area contributed by atoms with Crippen LogP contribution in [0.25, 0.3) is 0 Å². The number of amides is 3. The van der Waals surface area contributed by atoms with Crippen molar-refractivity contribution in [2.75, 3.05) is 17.7 Å². The smallest absolute Gasteiger partial charge is 0.273 e. The minimum atomic E-state index is -1.04. The number of methoxy groups -OCH3 is 1. The molecule has 0 aliphatic heterocycles. The Bertz CT molecular complexity index is 1280. The highest BCUT2D eigenvalue weighted by Gasteiger charge is 2.38. The summed E-state index contributed by atoms with van der Waals surface area (Å²) >= 11 is 0.772. The molecular weight excluding hydrogens is 490 g/mol. The van der Waals surface area contributed by atoms with Crippen molar-refractivity contribution in [1.29, 1.82) is 0 Å². The molecule has 37 heavy (non-hydrogen) atoms. The number of benzene rings is 2. The van der Waals surface area contributed by atoms with Crippen LogP contribution in [-0.4, -0.2) is 35.2 Å². The molecule has 1 saturated carbocycles. The fraction of sp³-hybridized carbons (Fsp3) is 0.333. The molecule has 1 heterocycles. The monoisotopic (exact) mass is 521 g/mol. The van der Waals surface area contributed by atoms with Crippen LogP contribution in [0.5, 0.6) is 5.75 Å². The summed E-state index contributed by atoms with van der Waals surface area (Å²) < 4.78 is 9.58. The van der Waals surface area contributed by atoms with E-state index in [-0.39, 0.29) is 28.2 Å². The number of nitrogens with zero attached hydrogens (tertiary/aromatic N) is 2. The Morgan fingerprint density at radius 3 is 2.38 bits per heavy atom. The van der Waals surface area contributed by atoms with Gasteiger partial charge in [0.1, 0.15) is 16.7 Å². The minimum absolute atomic E-state index is 0.0160. The largest absolute Gasteiger partial charge is 0.495 e. The molecule has 1 atom stereocenters. The molecule has 3 amide bonds. The van der Waals surface area contributed by atoms with Crippen LogP contribution in [0.15, 0.2) is 48.5 Å². The Hall–Kier alpha value is -3.92. The number of rotatable bonds is 8. The maximum atomic E-state index is 14.2. The van der Waals surface area contributed by atoms with E-state index in [0.717, 1.165) is 49.2 Å². The van der Waals surface area contributed by atoms with E-state index in [9.17, 15) is 14.4 Å². The van der Waals surface area contributed by atoms with E-state index in [1.807, 2.05) is 31.2 Å². The molecule has 0 unspecified atom stereocenters. The van der Waals surface area contributed by atoms with Crippen molar-refractivity contribution in [3.05, 3.63) is 70.2 Å². The standard InChI is InChI=1S/C27H31N5O4S/c1-16-12-14-17(15-13-16)23(26(34)30-18-8-4-3-5-9-18)32(19-10-6-7-11-20(19)36-2)27(35)24-21(28)22(25(29)33)31-37-24/h6-7,10-15,18,23H,3-5,8-9,28H2,1-2H3,(H2,29,33)(H,30,34)/t23-/m0/s1.